The van der Waals surface area contributed by atoms with Gasteiger partial charge in [-0.1, -0.05) is 19.3 Å². The van der Waals surface area contributed by atoms with Crippen LogP contribution in [0.4, 0.5) is 0 Å². The van der Waals surface area contributed by atoms with Crippen LogP contribution in [0.3, 0.4) is 0 Å². The number of hydrogen-bond acceptors (Lipinski definition) is 2. The van der Waals surface area contributed by atoms with Crippen molar-refractivity contribution in [2.45, 2.75) is 38.1 Å². The number of rotatable bonds is 1. The second-order valence-corrected chi connectivity index (χ2v) is 4.05. The third-order valence-electron chi connectivity index (χ3n) is 3.40. The molecule has 2 aliphatic rings. The van der Waals surface area contributed by atoms with E-state index in [9.17, 15) is 4.79 Å². The van der Waals surface area contributed by atoms with Crippen molar-refractivity contribution in [3.8, 4) is 0 Å². The smallest absolute Gasteiger partial charge is 0.217 e. The molecule has 1 heterocycles. The summed E-state index contributed by atoms with van der Waals surface area (Å²) in [5.41, 5.74) is 0. The van der Waals surface area contributed by atoms with Gasteiger partial charge in [0, 0.05) is 0 Å². The first-order valence-electron chi connectivity index (χ1n) is 5.03. The zero-order valence-electron chi connectivity index (χ0n) is 7.38. The van der Waals surface area contributed by atoms with Gasteiger partial charge in [0.15, 0.2) is 0 Å². The Morgan fingerprint density at radius 3 is 2.83 bits per heavy atom. The molecule has 1 radical (unpaired) electrons. The molecule has 3 atom stereocenters. The fourth-order valence-electron chi connectivity index (χ4n) is 2.74. The average Bonchev–Trinajstić information content (AvgIpc) is 2.17. The summed E-state index contributed by atoms with van der Waals surface area (Å²) in [6, 6.07) is 0.0454. The van der Waals surface area contributed by atoms with E-state index in [2.05, 4.69) is 11.6 Å². The van der Waals surface area contributed by atoms with Crippen LogP contribution < -0.4 is 5.32 Å². The van der Waals surface area contributed by atoms with Gasteiger partial charge in [0.05, 0.1) is 6.04 Å². The Bertz CT molecular complexity index is 167. The molecule has 0 bridgehead atoms. The van der Waals surface area contributed by atoms with Gasteiger partial charge in [0.1, 0.15) is 0 Å². The first-order valence-corrected chi connectivity index (χ1v) is 5.03. The highest BCUT2D eigenvalue weighted by Gasteiger charge is 2.34. The molecule has 67 valence electrons. The molecular weight excluding hydrogens is 150 g/mol. The Hall–Kier alpha value is -0.370. The molecule has 2 rings (SSSR count). The van der Waals surface area contributed by atoms with Crippen LogP contribution in [0.1, 0.15) is 32.1 Å². The number of fused-ring (bicyclic) bond motifs is 1. The van der Waals surface area contributed by atoms with Crippen molar-refractivity contribution >= 4 is 6.29 Å². The third kappa shape index (κ3) is 1.40. The predicted octanol–water partition coefficient (Wildman–Crippen LogP) is 1.26. The maximum atomic E-state index is 10.6. The minimum Gasteiger partial charge on any atom is -0.307 e. The van der Waals surface area contributed by atoms with Crippen molar-refractivity contribution < 1.29 is 4.79 Å². The van der Waals surface area contributed by atoms with E-state index in [-0.39, 0.29) is 6.04 Å². The van der Waals surface area contributed by atoms with Crippen LogP contribution in [-0.4, -0.2) is 18.9 Å². The van der Waals surface area contributed by atoms with Gasteiger partial charge >= 0.3 is 0 Å². The summed E-state index contributed by atoms with van der Waals surface area (Å²) in [5, 5.41) is 3.24. The third-order valence-corrected chi connectivity index (χ3v) is 3.40. The number of piperidine rings is 1. The summed E-state index contributed by atoms with van der Waals surface area (Å²) in [7, 11) is 0. The quantitative estimate of drug-likeness (QED) is 0.635. The van der Waals surface area contributed by atoms with E-state index in [1.807, 2.05) is 0 Å². The van der Waals surface area contributed by atoms with Crippen molar-refractivity contribution in [1.82, 2.24) is 5.32 Å². The van der Waals surface area contributed by atoms with Crippen molar-refractivity contribution in [3.63, 3.8) is 0 Å². The number of hydrogen-bond donors (Lipinski definition) is 1. The fourth-order valence-corrected chi connectivity index (χ4v) is 2.74. The second-order valence-electron chi connectivity index (χ2n) is 4.05. The molecule has 2 nitrogen and oxygen atoms in total. The minimum atomic E-state index is 0.0454. The normalized spacial score (nSPS) is 41.8. The zero-order valence-corrected chi connectivity index (χ0v) is 7.38. The van der Waals surface area contributed by atoms with E-state index in [0.717, 1.165) is 12.5 Å². The van der Waals surface area contributed by atoms with Crippen LogP contribution >= 0.6 is 0 Å². The largest absolute Gasteiger partial charge is 0.307 e. The Morgan fingerprint density at radius 2 is 2.00 bits per heavy atom. The Balaban J connectivity index is 2.03. The van der Waals surface area contributed by atoms with Crippen LogP contribution in [0.5, 0.6) is 0 Å². The molecular formula is C10H16NO. The Morgan fingerprint density at radius 1 is 1.17 bits per heavy atom. The van der Waals surface area contributed by atoms with Crippen molar-refractivity contribution in [3.05, 3.63) is 0 Å². The molecule has 0 unspecified atom stereocenters. The zero-order chi connectivity index (χ0) is 8.39. The lowest BCUT2D eigenvalue weighted by Gasteiger charge is -2.39. The molecule has 1 saturated carbocycles. The molecule has 0 amide bonds. The summed E-state index contributed by atoms with van der Waals surface area (Å²) in [6.07, 6.45) is 8.65. The monoisotopic (exact) mass is 166 g/mol. The number of nitrogens with one attached hydrogen (secondary N) is 1. The van der Waals surface area contributed by atoms with Gasteiger partial charge in [-0.05, 0) is 31.2 Å². The van der Waals surface area contributed by atoms with Crippen molar-refractivity contribution in [2.75, 3.05) is 6.54 Å². The second kappa shape index (κ2) is 3.56. The molecule has 2 fully saturated rings. The fraction of sp³-hybridized carbons (Fsp3) is 0.900. The first-order chi connectivity index (χ1) is 5.92. The topological polar surface area (TPSA) is 29.1 Å². The van der Waals surface area contributed by atoms with E-state index < -0.39 is 0 Å². The predicted molar refractivity (Wildman–Crippen MR) is 47.5 cm³/mol. The standard InChI is InChI=1S/C10H16NO/c12-7-10-9-4-2-1-3-8(9)5-6-11-10/h8-11H,1-6H2/t8-,9-,10-/m0/s1. The van der Waals surface area contributed by atoms with Crippen molar-refractivity contribution in [1.29, 1.82) is 0 Å². The van der Waals surface area contributed by atoms with Crippen LogP contribution in [0, 0.1) is 11.8 Å². The average molecular weight is 166 g/mol. The Labute approximate surface area is 73.7 Å². The molecule has 1 saturated heterocycles. The molecule has 2 heteroatoms. The molecule has 1 N–H and O–H groups in total. The highest BCUT2D eigenvalue weighted by Crippen LogP contribution is 2.35. The minimum absolute atomic E-state index is 0.0454. The maximum Gasteiger partial charge on any atom is 0.217 e. The van der Waals surface area contributed by atoms with Crippen LogP contribution in [0.25, 0.3) is 0 Å². The van der Waals surface area contributed by atoms with Gasteiger partial charge in [-0.15, -0.1) is 0 Å². The molecule has 1 aliphatic heterocycles. The van der Waals surface area contributed by atoms with Crippen LogP contribution in [-0.2, 0) is 4.79 Å². The highest BCUT2D eigenvalue weighted by molar-refractivity contribution is 5.59. The van der Waals surface area contributed by atoms with Gasteiger partial charge in [-0.3, -0.25) is 4.79 Å². The summed E-state index contributed by atoms with van der Waals surface area (Å²) in [5.74, 6) is 1.41. The molecule has 0 spiro atoms. The Kier molecular flexibility index (Phi) is 2.45. The van der Waals surface area contributed by atoms with E-state index in [1.165, 1.54) is 32.1 Å². The van der Waals surface area contributed by atoms with E-state index >= 15 is 0 Å². The lowest BCUT2D eigenvalue weighted by molar-refractivity contribution is 0.161. The van der Waals surface area contributed by atoms with E-state index in [4.69, 9.17) is 0 Å². The lowest BCUT2D eigenvalue weighted by Crippen LogP contribution is -2.48. The first kappa shape index (κ1) is 8.24. The van der Waals surface area contributed by atoms with E-state index in [1.54, 1.807) is 0 Å². The number of carbonyl (C=O) groups excluding carboxylic acids is 1. The van der Waals surface area contributed by atoms with Gasteiger partial charge in [0.2, 0.25) is 6.29 Å². The van der Waals surface area contributed by atoms with Crippen LogP contribution in [0.2, 0.25) is 0 Å². The highest BCUT2D eigenvalue weighted by atomic mass is 16.1. The SMILES string of the molecule is O=[C][C@@H]1NCC[C@@H]2CCCC[C@@H]21. The summed E-state index contributed by atoms with van der Waals surface area (Å²) in [4.78, 5) is 10.6. The molecule has 0 aromatic heterocycles. The summed E-state index contributed by atoms with van der Waals surface area (Å²) < 4.78 is 0. The van der Waals surface area contributed by atoms with Crippen LogP contribution in [0.15, 0.2) is 0 Å². The van der Waals surface area contributed by atoms with Crippen molar-refractivity contribution in [2.24, 2.45) is 11.8 Å². The van der Waals surface area contributed by atoms with Gasteiger partial charge < -0.3 is 5.32 Å². The summed E-state index contributed by atoms with van der Waals surface area (Å²) in [6.45, 7) is 1.01. The van der Waals surface area contributed by atoms with E-state index in [0.29, 0.717) is 5.92 Å². The van der Waals surface area contributed by atoms with Gasteiger partial charge in [0.25, 0.3) is 0 Å². The summed E-state index contributed by atoms with van der Waals surface area (Å²) >= 11 is 0. The van der Waals surface area contributed by atoms with Gasteiger partial charge in [-0.2, -0.15) is 0 Å². The van der Waals surface area contributed by atoms with Gasteiger partial charge in [-0.25, -0.2) is 0 Å². The molecule has 0 aromatic carbocycles. The maximum absolute atomic E-state index is 10.6. The molecule has 1 aliphatic carbocycles. The molecule has 0 aromatic rings. The molecule has 12 heavy (non-hydrogen) atoms. The lowest BCUT2D eigenvalue weighted by atomic mass is 9.72.